The molecule has 6 nitrogen and oxygen atoms in total. The molecule has 0 spiro atoms. The first-order valence-electron chi connectivity index (χ1n) is 7.44. The number of rotatable bonds is 4. The SMILES string of the molecule is CCOC(=O)c1sc2nc(Cl)nc(Nc3cccc(C#N)c3)c2c1C. The average Bonchev–Trinajstić information content (AvgIpc) is 2.92. The molecule has 126 valence electrons. The van der Waals surface area contributed by atoms with Gasteiger partial charge in [0.05, 0.1) is 23.6 Å². The molecule has 0 aliphatic carbocycles. The Labute approximate surface area is 153 Å². The van der Waals surface area contributed by atoms with Crippen molar-refractivity contribution < 1.29 is 9.53 Å². The molecule has 0 unspecified atom stereocenters. The van der Waals surface area contributed by atoms with Gasteiger partial charge in [-0.1, -0.05) is 6.07 Å². The Kier molecular flexibility index (Phi) is 4.83. The van der Waals surface area contributed by atoms with Gasteiger partial charge in [-0.2, -0.15) is 10.2 Å². The van der Waals surface area contributed by atoms with E-state index in [4.69, 9.17) is 21.6 Å². The molecule has 0 atom stereocenters. The van der Waals surface area contributed by atoms with Crippen molar-refractivity contribution in [3.8, 4) is 6.07 Å². The van der Waals surface area contributed by atoms with Crippen LogP contribution in [0.4, 0.5) is 11.5 Å². The standard InChI is InChI=1S/C17H13ClN4O2S/c1-3-24-16(23)13-9(2)12-14(21-17(18)22-15(12)25-13)20-11-6-4-5-10(7-11)8-19/h4-7H,3H2,1-2H3,(H,20,21,22). The van der Waals surface area contributed by atoms with E-state index in [2.05, 4.69) is 21.4 Å². The summed E-state index contributed by atoms with van der Waals surface area (Å²) in [4.78, 5) is 21.6. The first kappa shape index (κ1) is 17.1. The predicted octanol–water partition coefficient (Wildman–Crippen LogP) is 4.45. The first-order chi connectivity index (χ1) is 12.0. The summed E-state index contributed by atoms with van der Waals surface area (Å²) in [6, 6.07) is 9.09. The van der Waals surface area contributed by atoms with Gasteiger partial charge in [0.2, 0.25) is 5.28 Å². The molecule has 0 bridgehead atoms. The molecule has 0 aliphatic rings. The van der Waals surface area contributed by atoms with Gasteiger partial charge in [0.15, 0.2) is 0 Å². The van der Waals surface area contributed by atoms with Crippen LogP contribution in [0.15, 0.2) is 24.3 Å². The summed E-state index contributed by atoms with van der Waals surface area (Å²) in [5.74, 6) is 0.0888. The van der Waals surface area contributed by atoms with Crippen molar-refractivity contribution >= 4 is 50.6 Å². The van der Waals surface area contributed by atoms with Gasteiger partial charge in [0, 0.05) is 5.69 Å². The Bertz CT molecular complexity index is 1010. The van der Waals surface area contributed by atoms with Crippen LogP contribution in [0.5, 0.6) is 0 Å². The van der Waals surface area contributed by atoms with E-state index < -0.39 is 5.97 Å². The topological polar surface area (TPSA) is 87.9 Å². The van der Waals surface area contributed by atoms with Gasteiger partial charge < -0.3 is 10.1 Å². The molecule has 0 aliphatic heterocycles. The molecule has 0 saturated carbocycles. The van der Waals surface area contributed by atoms with E-state index in [9.17, 15) is 4.79 Å². The highest BCUT2D eigenvalue weighted by atomic mass is 35.5. The zero-order valence-corrected chi connectivity index (χ0v) is 15.0. The largest absolute Gasteiger partial charge is 0.462 e. The summed E-state index contributed by atoms with van der Waals surface area (Å²) < 4.78 is 5.09. The van der Waals surface area contributed by atoms with Gasteiger partial charge in [-0.05, 0) is 49.2 Å². The molecular weight excluding hydrogens is 360 g/mol. The maximum absolute atomic E-state index is 12.1. The Morgan fingerprint density at radius 1 is 1.44 bits per heavy atom. The molecule has 2 aromatic heterocycles. The second-order valence-electron chi connectivity index (χ2n) is 5.12. The maximum Gasteiger partial charge on any atom is 0.348 e. The number of carbonyl (C=O) groups is 1. The lowest BCUT2D eigenvalue weighted by Gasteiger charge is -2.08. The van der Waals surface area contributed by atoms with Crippen molar-refractivity contribution in [2.24, 2.45) is 0 Å². The zero-order valence-electron chi connectivity index (χ0n) is 13.5. The number of aromatic nitrogens is 2. The third-order valence-electron chi connectivity index (χ3n) is 3.48. The minimum absolute atomic E-state index is 0.0723. The number of benzene rings is 1. The Morgan fingerprint density at radius 3 is 2.96 bits per heavy atom. The summed E-state index contributed by atoms with van der Waals surface area (Å²) >= 11 is 7.24. The van der Waals surface area contributed by atoms with Gasteiger partial charge in [-0.15, -0.1) is 11.3 Å². The number of esters is 1. The number of anilines is 2. The van der Waals surface area contributed by atoms with Crippen LogP contribution < -0.4 is 5.32 Å². The van der Waals surface area contributed by atoms with Crippen LogP contribution in [0.3, 0.4) is 0 Å². The average molecular weight is 373 g/mol. The summed E-state index contributed by atoms with van der Waals surface area (Å²) in [5, 5.41) is 13.0. The number of nitrogens with zero attached hydrogens (tertiary/aromatic N) is 3. The summed E-state index contributed by atoms with van der Waals surface area (Å²) in [6.45, 7) is 3.87. The Balaban J connectivity index is 2.11. The molecule has 0 radical (unpaired) electrons. The normalized spacial score (nSPS) is 10.5. The number of carbonyl (C=O) groups excluding carboxylic acids is 1. The number of nitrogens with one attached hydrogen (secondary N) is 1. The highest BCUT2D eigenvalue weighted by molar-refractivity contribution is 7.20. The van der Waals surface area contributed by atoms with Gasteiger partial charge in [-0.25, -0.2) is 9.78 Å². The number of halogens is 1. The van der Waals surface area contributed by atoms with Crippen molar-refractivity contribution in [2.45, 2.75) is 13.8 Å². The minimum atomic E-state index is -0.392. The van der Waals surface area contributed by atoms with Gasteiger partial charge in [-0.3, -0.25) is 0 Å². The molecule has 1 aromatic carbocycles. The van der Waals surface area contributed by atoms with Crippen molar-refractivity contribution in [3.63, 3.8) is 0 Å². The fourth-order valence-electron chi connectivity index (χ4n) is 2.40. The quantitative estimate of drug-likeness (QED) is 0.537. The predicted molar refractivity (Wildman–Crippen MR) is 97.6 cm³/mol. The summed E-state index contributed by atoms with van der Waals surface area (Å²) in [6.07, 6.45) is 0. The van der Waals surface area contributed by atoms with Crippen molar-refractivity contribution in [1.29, 1.82) is 5.26 Å². The van der Waals surface area contributed by atoms with Crippen LogP contribution in [-0.4, -0.2) is 22.5 Å². The molecule has 0 amide bonds. The lowest BCUT2D eigenvalue weighted by molar-refractivity contribution is 0.0531. The second-order valence-corrected chi connectivity index (χ2v) is 6.45. The number of fused-ring (bicyclic) bond motifs is 1. The highest BCUT2D eigenvalue weighted by Crippen LogP contribution is 2.36. The third-order valence-corrected chi connectivity index (χ3v) is 4.81. The number of aryl methyl sites for hydroxylation is 1. The van der Waals surface area contributed by atoms with Crippen LogP contribution in [-0.2, 0) is 4.74 Å². The number of ether oxygens (including phenoxy) is 1. The molecule has 0 saturated heterocycles. The lowest BCUT2D eigenvalue weighted by atomic mass is 10.2. The number of hydrogen-bond acceptors (Lipinski definition) is 7. The maximum atomic E-state index is 12.1. The zero-order chi connectivity index (χ0) is 18.0. The molecule has 3 aromatic rings. The minimum Gasteiger partial charge on any atom is -0.462 e. The van der Waals surface area contributed by atoms with Crippen molar-refractivity contribution in [1.82, 2.24) is 9.97 Å². The lowest BCUT2D eigenvalue weighted by Crippen LogP contribution is -2.03. The second kappa shape index (κ2) is 7.05. The fraction of sp³-hybridized carbons (Fsp3) is 0.176. The molecule has 2 heterocycles. The molecule has 8 heteroatoms. The number of thiophene rings is 1. The van der Waals surface area contributed by atoms with Crippen LogP contribution in [0.2, 0.25) is 5.28 Å². The monoisotopic (exact) mass is 372 g/mol. The summed E-state index contributed by atoms with van der Waals surface area (Å²) in [5.41, 5.74) is 1.95. The van der Waals surface area contributed by atoms with Crippen LogP contribution in [0.1, 0.15) is 27.7 Å². The highest BCUT2D eigenvalue weighted by Gasteiger charge is 2.21. The van der Waals surface area contributed by atoms with Gasteiger partial charge in [0.1, 0.15) is 15.5 Å². The van der Waals surface area contributed by atoms with Crippen molar-refractivity contribution in [2.75, 3.05) is 11.9 Å². The summed E-state index contributed by atoms with van der Waals surface area (Å²) in [7, 11) is 0. The molecule has 25 heavy (non-hydrogen) atoms. The van der Waals surface area contributed by atoms with Crippen LogP contribution in [0.25, 0.3) is 10.2 Å². The Hall–Kier alpha value is -2.69. The number of nitriles is 1. The number of hydrogen-bond donors (Lipinski definition) is 1. The molecule has 3 rings (SSSR count). The first-order valence-corrected chi connectivity index (χ1v) is 8.64. The van der Waals surface area contributed by atoms with Crippen LogP contribution in [0, 0.1) is 18.3 Å². The fourth-order valence-corrected chi connectivity index (χ4v) is 3.69. The van der Waals surface area contributed by atoms with E-state index in [0.717, 1.165) is 5.56 Å². The van der Waals surface area contributed by atoms with Crippen LogP contribution >= 0.6 is 22.9 Å². The van der Waals surface area contributed by atoms with Gasteiger partial charge in [0.25, 0.3) is 0 Å². The smallest absolute Gasteiger partial charge is 0.348 e. The van der Waals surface area contributed by atoms with E-state index in [0.29, 0.717) is 38.8 Å². The third kappa shape index (κ3) is 3.40. The van der Waals surface area contributed by atoms with Gasteiger partial charge >= 0.3 is 5.97 Å². The van der Waals surface area contributed by atoms with E-state index in [-0.39, 0.29) is 5.28 Å². The van der Waals surface area contributed by atoms with E-state index in [1.54, 1.807) is 25.1 Å². The van der Waals surface area contributed by atoms with E-state index in [1.807, 2.05) is 13.0 Å². The molecular formula is C17H13ClN4O2S. The molecule has 0 fully saturated rings. The van der Waals surface area contributed by atoms with E-state index >= 15 is 0 Å². The van der Waals surface area contributed by atoms with E-state index in [1.165, 1.54) is 11.3 Å². The Morgan fingerprint density at radius 2 is 2.24 bits per heavy atom. The van der Waals surface area contributed by atoms with Crippen molar-refractivity contribution in [3.05, 3.63) is 45.6 Å². The molecule has 1 N–H and O–H groups in total.